The highest BCUT2D eigenvalue weighted by atomic mass is 32.2. The Bertz CT molecular complexity index is 912. The maximum atomic E-state index is 13.0. The Morgan fingerprint density at radius 3 is 2.15 bits per heavy atom. The lowest BCUT2D eigenvalue weighted by molar-refractivity contribution is 0.160. The number of nitrogens with zero attached hydrogens (tertiary/aromatic N) is 1. The van der Waals surface area contributed by atoms with Crippen molar-refractivity contribution in [2.75, 3.05) is 5.32 Å². The minimum Gasteiger partial charge on any atom is -0.318 e. The van der Waals surface area contributed by atoms with E-state index in [1.807, 2.05) is 42.2 Å². The normalized spacial score (nSPS) is 24.6. The fourth-order valence-corrected chi connectivity index (χ4v) is 6.21. The van der Waals surface area contributed by atoms with Gasteiger partial charge >= 0.3 is 6.03 Å². The third kappa shape index (κ3) is 3.46. The number of benzene rings is 2. The minimum absolute atomic E-state index is 0.0160. The number of fused-ring (bicyclic) bond motifs is 2. The number of rotatable bonds is 3. The smallest absolute Gasteiger partial charge is 0.318 e. The molecule has 2 aromatic rings. The number of nitrogens with one attached hydrogen (secondary N) is 1. The molecule has 4 rings (SSSR count). The molecule has 0 aromatic heterocycles. The van der Waals surface area contributed by atoms with Crippen LogP contribution >= 0.6 is 0 Å². The number of urea groups is 1. The van der Waals surface area contributed by atoms with Crippen molar-refractivity contribution in [1.29, 1.82) is 0 Å². The largest absolute Gasteiger partial charge is 0.322 e. The van der Waals surface area contributed by atoms with Crippen molar-refractivity contribution in [1.82, 2.24) is 4.90 Å². The highest BCUT2D eigenvalue weighted by Gasteiger charge is 2.47. The van der Waals surface area contributed by atoms with Crippen LogP contribution in [0.25, 0.3) is 0 Å². The first-order valence-electron chi connectivity index (χ1n) is 9.40. The third-order valence-corrected chi connectivity index (χ3v) is 7.93. The van der Waals surface area contributed by atoms with E-state index in [0.717, 1.165) is 24.1 Å². The Morgan fingerprint density at radius 1 is 0.963 bits per heavy atom. The molecule has 142 valence electrons. The zero-order chi connectivity index (χ0) is 19.0. The van der Waals surface area contributed by atoms with Gasteiger partial charge in [-0.3, -0.25) is 0 Å². The molecule has 0 spiro atoms. The summed E-state index contributed by atoms with van der Waals surface area (Å²) in [6, 6.07) is 16.2. The molecule has 2 fully saturated rings. The quantitative estimate of drug-likeness (QED) is 0.870. The zero-order valence-electron chi connectivity index (χ0n) is 15.3. The van der Waals surface area contributed by atoms with Crippen molar-refractivity contribution in [2.45, 2.75) is 54.8 Å². The fourth-order valence-electron chi connectivity index (χ4n) is 4.34. The Kier molecular flexibility index (Phi) is 4.68. The van der Waals surface area contributed by atoms with Gasteiger partial charge in [0, 0.05) is 17.8 Å². The molecule has 2 amide bonds. The number of aryl methyl sites for hydroxylation is 1. The maximum Gasteiger partial charge on any atom is 0.322 e. The number of amides is 2. The number of carbonyl (C=O) groups excluding carboxylic acids is 1. The molecule has 2 saturated heterocycles. The van der Waals surface area contributed by atoms with Crippen LogP contribution in [0.4, 0.5) is 10.5 Å². The van der Waals surface area contributed by atoms with E-state index in [4.69, 9.17) is 0 Å². The summed E-state index contributed by atoms with van der Waals surface area (Å²) < 4.78 is 26.0. The molecule has 2 aliphatic heterocycles. The second-order valence-corrected chi connectivity index (χ2v) is 9.77. The van der Waals surface area contributed by atoms with Crippen LogP contribution in [0.3, 0.4) is 0 Å². The van der Waals surface area contributed by atoms with E-state index >= 15 is 0 Å². The molecular weight excluding hydrogens is 360 g/mol. The van der Waals surface area contributed by atoms with Crippen LogP contribution in [-0.2, 0) is 9.84 Å². The topological polar surface area (TPSA) is 66.5 Å². The predicted octanol–water partition coefficient (Wildman–Crippen LogP) is 4.00. The van der Waals surface area contributed by atoms with Crippen LogP contribution in [0.2, 0.25) is 0 Å². The van der Waals surface area contributed by atoms with E-state index in [9.17, 15) is 13.2 Å². The molecule has 2 heterocycles. The Labute approximate surface area is 160 Å². The van der Waals surface area contributed by atoms with Gasteiger partial charge in [0.05, 0.1) is 10.1 Å². The summed E-state index contributed by atoms with van der Waals surface area (Å²) in [5.74, 6) is 0. The van der Waals surface area contributed by atoms with Gasteiger partial charge in [0.25, 0.3) is 0 Å². The first-order chi connectivity index (χ1) is 12.9. The van der Waals surface area contributed by atoms with Crippen molar-refractivity contribution >= 4 is 21.6 Å². The van der Waals surface area contributed by atoms with Gasteiger partial charge in [-0.25, -0.2) is 13.2 Å². The van der Waals surface area contributed by atoms with Crippen molar-refractivity contribution in [3.8, 4) is 0 Å². The maximum absolute atomic E-state index is 13.0. The van der Waals surface area contributed by atoms with Gasteiger partial charge in [-0.05, 0) is 56.9 Å². The number of carbonyl (C=O) groups is 1. The van der Waals surface area contributed by atoms with Crippen molar-refractivity contribution in [3.63, 3.8) is 0 Å². The second kappa shape index (κ2) is 7.00. The van der Waals surface area contributed by atoms with Gasteiger partial charge in [0.15, 0.2) is 9.84 Å². The van der Waals surface area contributed by atoms with Crippen LogP contribution in [0.1, 0.15) is 31.2 Å². The summed E-state index contributed by atoms with van der Waals surface area (Å²) in [6.07, 6.45) is 2.75. The number of piperidine rings is 1. The summed E-state index contributed by atoms with van der Waals surface area (Å²) in [7, 11) is -3.36. The van der Waals surface area contributed by atoms with E-state index in [2.05, 4.69) is 5.32 Å². The van der Waals surface area contributed by atoms with Crippen LogP contribution in [-0.4, -0.2) is 36.7 Å². The van der Waals surface area contributed by atoms with Crippen LogP contribution in [0.5, 0.6) is 0 Å². The number of anilines is 1. The van der Waals surface area contributed by atoms with Gasteiger partial charge in [0.1, 0.15) is 0 Å². The molecular formula is C21H24N2O3S. The molecule has 0 radical (unpaired) electrons. The second-order valence-electron chi connectivity index (χ2n) is 7.54. The average molecular weight is 385 g/mol. The molecule has 0 aliphatic carbocycles. The van der Waals surface area contributed by atoms with Crippen LogP contribution < -0.4 is 5.32 Å². The Hall–Kier alpha value is -2.34. The average Bonchev–Trinajstić information content (AvgIpc) is 2.94. The monoisotopic (exact) mass is 384 g/mol. The Morgan fingerprint density at radius 2 is 1.56 bits per heavy atom. The van der Waals surface area contributed by atoms with E-state index in [1.54, 1.807) is 24.3 Å². The molecule has 0 saturated carbocycles. The molecule has 2 aromatic carbocycles. The lowest BCUT2D eigenvalue weighted by Crippen LogP contribution is -2.51. The van der Waals surface area contributed by atoms with E-state index < -0.39 is 15.1 Å². The molecule has 1 unspecified atom stereocenters. The molecule has 2 bridgehead atoms. The SMILES string of the molecule is Cc1ccc(NC(=O)N2C3CC[C@@H]2C[C@@H](S(=O)(=O)c2ccccc2)C3)cc1. The third-order valence-electron chi connectivity index (χ3n) is 5.74. The van der Waals surface area contributed by atoms with Gasteiger partial charge in [-0.1, -0.05) is 35.9 Å². The summed E-state index contributed by atoms with van der Waals surface area (Å²) in [4.78, 5) is 15.1. The van der Waals surface area contributed by atoms with Crippen molar-refractivity contribution in [3.05, 3.63) is 60.2 Å². The van der Waals surface area contributed by atoms with E-state index in [-0.39, 0.29) is 18.1 Å². The van der Waals surface area contributed by atoms with Gasteiger partial charge in [-0.2, -0.15) is 0 Å². The molecule has 2 aliphatic rings. The highest BCUT2D eigenvalue weighted by Crippen LogP contribution is 2.40. The Balaban J connectivity index is 1.49. The molecule has 1 N–H and O–H groups in total. The van der Waals surface area contributed by atoms with Crippen LogP contribution in [0.15, 0.2) is 59.5 Å². The van der Waals surface area contributed by atoms with Gasteiger partial charge in [-0.15, -0.1) is 0 Å². The lowest BCUT2D eigenvalue weighted by Gasteiger charge is -2.38. The number of sulfone groups is 1. The van der Waals surface area contributed by atoms with E-state index in [0.29, 0.717) is 17.7 Å². The first kappa shape index (κ1) is 18.0. The molecule has 3 atom stereocenters. The lowest BCUT2D eigenvalue weighted by atomic mass is 10.0. The van der Waals surface area contributed by atoms with Crippen LogP contribution in [0, 0.1) is 6.92 Å². The van der Waals surface area contributed by atoms with Crippen molar-refractivity contribution < 1.29 is 13.2 Å². The molecule has 27 heavy (non-hydrogen) atoms. The summed E-state index contributed by atoms with van der Waals surface area (Å²) in [5, 5.41) is 2.55. The summed E-state index contributed by atoms with van der Waals surface area (Å²) >= 11 is 0. The van der Waals surface area contributed by atoms with Gasteiger partial charge < -0.3 is 10.2 Å². The van der Waals surface area contributed by atoms with Gasteiger partial charge in [0.2, 0.25) is 0 Å². The minimum atomic E-state index is -3.36. The summed E-state index contributed by atoms with van der Waals surface area (Å²) in [6.45, 7) is 2.00. The highest BCUT2D eigenvalue weighted by molar-refractivity contribution is 7.92. The fraction of sp³-hybridized carbons (Fsp3) is 0.381. The molecule has 6 heteroatoms. The predicted molar refractivity (Wildman–Crippen MR) is 105 cm³/mol. The standard InChI is InChI=1S/C21H24N2O3S/c1-15-7-9-16(10-8-15)22-21(24)23-17-11-12-18(23)14-20(13-17)27(25,26)19-5-3-2-4-6-19/h2-10,17-18,20H,11-14H2,1H3,(H,22,24)/t17-,18?,20-/m1/s1. The number of hydrogen-bond donors (Lipinski definition) is 1. The molecule has 5 nitrogen and oxygen atoms in total. The summed E-state index contributed by atoms with van der Waals surface area (Å²) in [5.41, 5.74) is 1.91. The zero-order valence-corrected chi connectivity index (χ0v) is 16.2. The number of hydrogen-bond acceptors (Lipinski definition) is 3. The first-order valence-corrected chi connectivity index (χ1v) is 10.9. The van der Waals surface area contributed by atoms with E-state index in [1.165, 1.54) is 0 Å². The van der Waals surface area contributed by atoms with Crippen molar-refractivity contribution in [2.24, 2.45) is 0 Å².